The maximum atomic E-state index is 12.9. The number of hydrazine groups is 1. The number of rotatable bonds is 7. The highest BCUT2D eigenvalue weighted by Crippen LogP contribution is 2.28. The van der Waals surface area contributed by atoms with E-state index in [9.17, 15) is 22.4 Å². The summed E-state index contributed by atoms with van der Waals surface area (Å²) in [4.78, 5) is 24.1. The van der Waals surface area contributed by atoms with E-state index in [1.807, 2.05) is 0 Å². The van der Waals surface area contributed by atoms with Crippen LogP contribution in [-0.2, 0) is 21.2 Å². The molecule has 0 atom stereocenters. The van der Waals surface area contributed by atoms with Crippen LogP contribution in [0.25, 0.3) is 0 Å². The maximum Gasteiger partial charge on any atom is 0.269 e. The predicted octanol–water partition coefficient (Wildman–Crippen LogP) is 1.28. The highest BCUT2D eigenvalue weighted by molar-refractivity contribution is 7.89. The highest BCUT2D eigenvalue weighted by Gasteiger charge is 2.30. The van der Waals surface area contributed by atoms with Crippen LogP contribution in [0.1, 0.15) is 28.8 Å². The average molecular weight is 421 g/mol. The molecule has 0 spiro atoms. The Morgan fingerprint density at radius 2 is 1.79 bits per heavy atom. The van der Waals surface area contributed by atoms with Crippen LogP contribution in [0.5, 0.6) is 5.75 Å². The van der Waals surface area contributed by atoms with Gasteiger partial charge in [-0.2, -0.15) is 0 Å². The summed E-state index contributed by atoms with van der Waals surface area (Å²) in [5.41, 5.74) is 5.08. The number of carbonyl (C=O) groups excluding carboxylic acids is 2. The molecular formula is C19H20FN3O5S. The molecule has 0 saturated heterocycles. The zero-order valence-electron chi connectivity index (χ0n) is 15.6. The van der Waals surface area contributed by atoms with Gasteiger partial charge in [0.25, 0.3) is 5.91 Å². The Bertz CT molecular complexity index is 1020. The van der Waals surface area contributed by atoms with Crippen molar-refractivity contribution in [2.75, 3.05) is 7.11 Å². The molecule has 0 aromatic heterocycles. The van der Waals surface area contributed by atoms with E-state index in [-0.39, 0.29) is 28.7 Å². The van der Waals surface area contributed by atoms with Crippen molar-refractivity contribution in [3.63, 3.8) is 0 Å². The van der Waals surface area contributed by atoms with Crippen molar-refractivity contribution in [1.29, 1.82) is 0 Å². The fourth-order valence-corrected chi connectivity index (χ4v) is 4.04. The first kappa shape index (κ1) is 20.7. The fraction of sp³-hybridized carbons (Fsp3) is 0.263. The molecule has 10 heteroatoms. The Labute approximate surface area is 167 Å². The fourth-order valence-electron chi connectivity index (χ4n) is 2.54. The Kier molecular flexibility index (Phi) is 6.14. The van der Waals surface area contributed by atoms with Crippen LogP contribution in [0.2, 0.25) is 0 Å². The molecule has 1 aliphatic carbocycles. The number of amides is 2. The van der Waals surface area contributed by atoms with Gasteiger partial charge in [0.05, 0.1) is 13.5 Å². The van der Waals surface area contributed by atoms with E-state index in [4.69, 9.17) is 4.74 Å². The molecular weight excluding hydrogens is 401 g/mol. The predicted molar refractivity (Wildman–Crippen MR) is 102 cm³/mol. The molecule has 0 aliphatic heterocycles. The lowest BCUT2D eigenvalue weighted by molar-refractivity contribution is -0.121. The number of halogens is 1. The van der Waals surface area contributed by atoms with Crippen LogP contribution in [0.3, 0.4) is 0 Å². The second-order valence-corrected chi connectivity index (χ2v) is 8.25. The maximum absolute atomic E-state index is 12.9. The second-order valence-electron chi connectivity index (χ2n) is 6.57. The molecule has 3 rings (SSSR count). The molecule has 2 aromatic rings. The molecule has 8 nitrogen and oxygen atoms in total. The SMILES string of the molecule is COc1ccc(C(=O)NNC(=O)Cc2ccc(F)cc2)cc1S(=O)(=O)NC1CC1. The number of hydrogen-bond acceptors (Lipinski definition) is 5. The van der Waals surface area contributed by atoms with E-state index < -0.39 is 27.7 Å². The van der Waals surface area contributed by atoms with Gasteiger partial charge in [-0.1, -0.05) is 12.1 Å². The van der Waals surface area contributed by atoms with Gasteiger partial charge in [-0.3, -0.25) is 20.4 Å². The molecule has 0 unspecified atom stereocenters. The normalized spacial score (nSPS) is 13.6. The lowest BCUT2D eigenvalue weighted by atomic mass is 10.1. The average Bonchev–Trinajstić information content (AvgIpc) is 3.50. The summed E-state index contributed by atoms with van der Waals surface area (Å²) in [6.45, 7) is 0. The topological polar surface area (TPSA) is 114 Å². The van der Waals surface area contributed by atoms with Gasteiger partial charge < -0.3 is 4.74 Å². The molecule has 0 radical (unpaired) electrons. The van der Waals surface area contributed by atoms with Crippen molar-refractivity contribution in [2.45, 2.75) is 30.2 Å². The third-order valence-electron chi connectivity index (χ3n) is 4.21. The van der Waals surface area contributed by atoms with E-state index in [0.717, 1.165) is 12.8 Å². The summed E-state index contributed by atoms with van der Waals surface area (Å²) >= 11 is 0. The summed E-state index contributed by atoms with van der Waals surface area (Å²) in [5, 5.41) is 0. The Balaban J connectivity index is 1.66. The standard InChI is InChI=1S/C19H20FN3O5S/c1-28-16-9-4-13(11-17(16)29(26,27)23-15-7-8-15)19(25)22-21-18(24)10-12-2-5-14(20)6-3-12/h2-6,9,11,15,23H,7-8,10H2,1H3,(H,21,24)(H,22,25). The molecule has 0 bridgehead atoms. The van der Waals surface area contributed by atoms with Crippen LogP contribution < -0.4 is 20.3 Å². The van der Waals surface area contributed by atoms with Crippen molar-refractivity contribution in [2.24, 2.45) is 0 Å². The van der Waals surface area contributed by atoms with E-state index in [1.165, 1.54) is 49.6 Å². The Hall–Kier alpha value is -2.98. The summed E-state index contributed by atoms with van der Waals surface area (Å²) in [6.07, 6.45) is 1.47. The lowest BCUT2D eigenvalue weighted by Crippen LogP contribution is -2.42. The number of sulfonamides is 1. The van der Waals surface area contributed by atoms with Crippen LogP contribution in [0.15, 0.2) is 47.4 Å². The first-order valence-electron chi connectivity index (χ1n) is 8.82. The first-order valence-corrected chi connectivity index (χ1v) is 10.3. The number of hydrogen-bond donors (Lipinski definition) is 3. The second kappa shape index (κ2) is 8.58. The van der Waals surface area contributed by atoms with Crippen molar-refractivity contribution in [1.82, 2.24) is 15.6 Å². The molecule has 29 heavy (non-hydrogen) atoms. The first-order chi connectivity index (χ1) is 13.8. The van der Waals surface area contributed by atoms with Gasteiger partial charge in [-0.15, -0.1) is 0 Å². The quantitative estimate of drug-likeness (QED) is 0.583. The molecule has 1 fully saturated rings. The summed E-state index contributed by atoms with van der Waals surface area (Å²) in [7, 11) is -2.51. The number of methoxy groups -OCH3 is 1. The minimum atomic E-state index is -3.84. The molecule has 3 N–H and O–H groups in total. The number of nitrogens with one attached hydrogen (secondary N) is 3. The van der Waals surface area contributed by atoms with Crippen LogP contribution in [-0.4, -0.2) is 33.4 Å². The van der Waals surface area contributed by atoms with Crippen molar-refractivity contribution >= 4 is 21.8 Å². The van der Waals surface area contributed by atoms with Crippen LogP contribution >= 0.6 is 0 Å². The number of carbonyl (C=O) groups is 2. The third-order valence-corrected chi connectivity index (χ3v) is 5.75. The van der Waals surface area contributed by atoms with Gasteiger partial charge in [0.1, 0.15) is 16.5 Å². The van der Waals surface area contributed by atoms with Gasteiger partial charge in [-0.05, 0) is 48.7 Å². The minimum Gasteiger partial charge on any atom is -0.495 e. The zero-order chi connectivity index (χ0) is 21.0. The van der Waals surface area contributed by atoms with Gasteiger partial charge in [0.2, 0.25) is 15.9 Å². The lowest BCUT2D eigenvalue weighted by Gasteiger charge is -2.12. The Morgan fingerprint density at radius 3 is 2.41 bits per heavy atom. The zero-order valence-corrected chi connectivity index (χ0v) is 16.4. The summed E-state index contributed by atoms with van der Waals surface area (Å²) < 4.78 is 45.5. The third kappa shape index (κ3) is 5.52. The highest BCUT2D eigenvalue weighted by atomic mass is 32.2. The van der Waals surface area contributed by atoms with Crippen molar-refractivity contribution in [3.05, 3.63) is 59.4 Å². The van der Waals surface area contributed by atoms with E-state index >= 15 is 0 Å². The van der Waals surface area contributed by atoms with Crippen LogP contribution in [0.4, 0.5) is 4.39 Å². The summed E-state index contributed by atoms with van der Waals surface area (Å²) in [6, 6.07) is 9.23. The molecule has 1 saturated carbocycles. The van der Waals surface area contributed by atoms with Gasteiger partial charge in [0.15, 0.2) is 0 Å². The Morgan fingerprint density at radius 1 is 1.10 bits per heavy atom. The van der Waals surface area contributed by atoms with Gasteiger partial charge in [0, 0.05) is 11.6 Å². The monoisotopic (exact) mass is 421 g/mol. The van der Waals surface area contributed by atoms with Gasteiger partial charge >= 0.3 is 0 Å². The van der Waals surface area contributed by atoms with Gasteiger partial charge in [-0.25, -0.2) is 17.5 Å². The summed E-state index contributed by atoms with van der Waals surface area (Å²) in [5.74, 6) is -1.51. The molecule has 154 valence electrons. The largest absolute Gasteiger partial charge is 0.495 e. The van der Waals surface area contributed by atoms with Crippen LogP contribution in [0, 0.1) is 5.82 Å². The molecule has 0 heterocycles. The molecule has 2 amide bonds. The molecule has 1 aliphatic rings. The smallest absolute Gasteiger partial charge is 0.269 e. The van der Waals surface area contributed by atoms with Crippen molar-refractivity contribution in [3.8, 4) is 5.75 Å². The minimum absolute atomic E-state index is 0.0315. The molecule has 2 aromatic carbocycles. The van der Waals surface area contributed by atoms with E-state index in [1.54, 1.807) is 0 Å². The number of benzene rings is 2. The number of ether oxygens (including phenoxy) is 1. The van der Waals surface area contributed by atoms with E-state index in [0.29, 0.717) is 5.56 Å². The van der Waals surface area contributed by atoms with Crippen molar-refractivity contribution < 1.29 is 27.1 Å². The van der Waals surface area contributed by atoms with E-state index in [2.05, 4.69) is 15.6 Å².